The Morgan fingerprint density at radius 3 is 3.00 bits per heavy atom. The van der Waals surface area contributed by atoms with Crippen LogP contribution in [0.15, 0.2) is 24.0 Å². The Bertz CT molecular complexity index is 473. The molecule has 0 saturated carbocycles. The molecule has 2 atom stereocenters. The molecule has 104 valence electrons. The summed E-state index contributed by atoms with van der Waals surface area (Å²) in [5.74, 6) is 0.607. The molecule has 0 aliphatic heterocycles. The van der Waals surface area contributed by atoms with Crippen LogP contribution >= 0.6 is 0 Å². The van der Waals surface area contributed by atoms with Gasteiger partial charge in [-0.3, -0.25) is 0 Å². The highest BCUT2D eigenvalue weighted by atomic mass is 16.5. The normalized spacial score (nSPS) is 19.5. The lowest BCUT2D eigenvalue weighted by Gasteiger charge is -2.21. The van der Waals surface area contributed by atoms with Crippen molar-refractivity contribution in [3.05, 3.63) is 35.1 Å². The molecule has 0 amide bonds. The first-order valence-corrected chi connectivity index (χ1v) is 6.27. The fraction of sp³-hybridized carbons (Fsp3) is 0.429. The molecule has 19 heavy (non-hydrogen) atoms. The summed E-state index contributed by atoms with van der Waals surface area (Å²) >= 11 is 0. The molecule has 0 unspecified atom stereocenters. The van der Waals surface area contributed by atoms with Gasteiger partial charge in [0.1, 0.15) is 30.3 Å². The number of fused-ring (bicyclic) bond motifs is 1. The van der Waals surface area contributed by atoms with E-state index in [1.54, 1.807) is 19.2 Å². The van der Waals surface area contributed by atoms with Crippen LogP contribution in [0.25, 0.3) is 6.08 Å². The van der Waals surface area contributed by atoms with Gasteiger partial charge in [-0.25, -0.2) is 0 Å². The Labute approximate surface area is 112 Å². The molecule has 4 N–H and O–H groups in total. The second kappa shape index (κ2) is 6.06. The second-order valence-corrected chi connectivity index (χ2v) is 4.64. The van der Waals surface area contributed by atoms with Crippen molar-refractivity contribution in [2.45, 2.75) is 18.6 Å². The SMILES string of the molecule is CNC[C@@H](O)COc1cccc2c1C[C@@H](O)C(O)=C2. The highest BCUT2D eigenvalue weighted by Gasteiger charge is 2.21. The zero-order valence-electron chi connectivity index (χ0n) is 10.8. The third-order valence-electron chi connectivity index (χ3n) is 3.08. The van der Waals surface area contributed by atoms with Crippen molar-refractivity contribution in [2.24, 2.45) is 0 Å². The van der Waals surface area contributed by atoms with Crippen LogP contribution in [0.2, 0.25) is 0 Å². The monoisotopic (exact) mass is 265 g/mol. The van der Waals surface area contributed by atoms with E-state index in [2.05, 4.69) is 5.32 Å². The van der Waals surface area contributed by atoms with E-state index in [0.717, 1.165) is 11.1 Å². The highest BCUT2D eigenvalue weighted by Crippen LogP contribution is 2.30. The van der Waals surface area contributed by atoms with Gasteiger partial charge in [-0.1, -0.05) is 12.1 Å². The quantitative estimate of drug-likeness (QED) is 0.622. The van der Waals surface area contributed by atoms with Crippen molar-refractivity contribution in [3.63, 3.8) is 0 Å². The summed E-state index contributed by atoms with van der Waals surface area (Å²) in [5.41, 5.74) is 1.69. The number of likely N-dealkylation sites (N-methyl/N-ethyl adjacent to an activating group) is 1. The van der Waals surface area contributed by atoms with Gasteiger partial charge in [-0.05, 0) is 24.8 Å². The first kappa shape index (κ1) is 13.9. The molecule has 0 saturated heterocycles. The first-order valence-electron chi connectivity index (χ1n) is 6.27. The Hall–Kier alpha value is -1.56. The molecule has 0 heterocycles. The van der Waals surface area contributed by atoms with Gasteiger partial charge >= 0.3 is 0 Å². The number of aliphatic hydroxyl groups is 3. The van der Waals surface area contributed by atoms with E-state index in [1.165, 1.54) is 0 Å². The molecule has 0 spiro atoms. The molecule has 0 radical (unpaired) electrons. The van der Waals surface area contributed by atoms with Gasteiger partial charge in [0.2, 0.25) is 0 Å². The number of hydrogen-bond donors (Lipinski definition) is 4. The Kier molecular flexibility index (Phi) is 4.42. The van der Waals surface area contributed by atoms with Crippen LogP contribution in [-0.2, 0) is 6.42 Å². The van der Waals surface area contributed by atoms with E-state index in [9.17, 15) is 15.3 Å². The number of rotatable bonds is 5. The van der Waals surface area contributed by atoms with Crippen molar-refractivity contribution >= 4 is 6.08 Å². The lowest BCUT2D eigenvalue weighted by molar-refractivity contribution is 0.106. The summed E-state index contributed by atoms with van der Waals surface area (Å²) in [5, 5.41) is 31.7. The van der Waals surface area contributed by atoms with Crippen LogP contribution in [0, 0.1) is 0 Å². The predicted molar refractivity (Wildman–Crippen MR) is 72.2 cm³/mol. The summed E-state index contributed by atoms with van der Waals surface area (Å²) in [4.78, 5) is 0. The van der Waals surface area contributed by atoms with Gasteiger partial charge < -0.3 is 25.4 Å². The lowest BCUT2D eigenvalue weighted by Crippen LogP contribution is -2.29. The van der Waals surface area contributed by atoms with Crippen molar-refractivity contribution < 1.29 is 20.1 Å². The van der Waals surface area contributed by atoms with Crippen molar-refractivity contribution in [2.75, 3.05) is 20.2 Å². The largest absolute Gasteiger partial charge is 0.510 e. The molecular formula is C14H19NO4. The molecule has 1 aromatic rings. The molecule has 0 aromatic heterocycles. The molecular weight excluding hydrogens is 246 g/mol. The number of benzene rings is 1. The molecule has 1 aliphatic rings. The minimum atomic E-state index is -0.889. The third-order valence-corrected chi connectivity index (χ3v) is 3.08. The van der Waals surface area contributed by atoms with Crippen LogP contribution < -0.4 is 10.1 Å². The van der Waals surface area contributed by atoms with Crippen LogP contribution in [-0.4, -0.2) is 47.7 Å². The van der Waals surface area contributed by atoms with E-state index in [-0.39, 0.29) is 12.4 Å². The molecule has 5 nitrogen and oxygen atoms in total. The van der Waals surface area contributed by atoms with Crippen LogP contribution in [0.5, 0.6) is 5.75 Å². The average Bonchev–Trinajstić information content (AvgIpc) is 2.38. The van der Waals surface area contributed by atoms with Crippen LogP contribution in [0.1, 0.15) is 11.1 Å². The highest BCUT2D eigenvalue weighted by molar-refractivity contribution is 5.62. The fourth-order valence-corrected chi connectivity index (χ4v) is 2.11. The molecule has 0 fully saturated rings. The molecule has 0 bridgehead atoms. The third kappa shape index (κ3) is 3.26. The predicted octanol–water partition coefficient (Wildman–Crippen LogP) is 0.462. The summed E-state index contributed by atoms with van der Waals surface area (Å²) in [6, 6.07) is 5.47. The Balaban J connectivity index is 2.13. The molecule has 1 aliphatic carbocycles. The van der Waals surface area contributed by atoms with Crippen molar-refractivity contribution in [3.8, 4) is 5.75 Å². The zero-order chi connectivity index (χ0) is 13.8. The fourth-order valence-electron chi connectivity index (χ4n) is 2.11. The van der Waals surface area contributed by atoms with Crippen LogP contribution in [0.3, 0.4) is 0 Å². The van der Waals surface area contributed by atoms with Crippen LogP contribution in [0.4, 0.5) is 0 Å². The number of hydrogen-bond acceptors (Lipinski definition) is 5. The number of ether oxygens (including phenoxy) is 1. The first-order chi connectivity index (χ1) is 9.11. The second-order valence-electron chi connectivity index (χ2n) is 4.64. The number of aliphatic hydroxyl groups excluding tert-OH is 3. The lowest BCUT2D eigenvalue weighted by atomic mass is 9.93. The minimum absolute atomic E-state index is 0.0279. The maximum atomic E-state index is 9.68. The molecule has 5 heteroatoms. The average molecular weight is 265 g/mol. The van der Waals surface area contributed by atoms with Gasteiger partial charge in [-0.2, -0.15) is 0 Å². The van der Waals surface area contributed by atoms with E-state index in [1.807, 2.05) is 12.1 Å². The zero-order valence-corrected chi connectivity index (χ0v) is 10.8. The van der Waals surface area contributed by atoms with Gasteiger partial charge in [0.05, 0.1) is 0 Å². The molecule has 1 aromatic carbocycles. The maximum absolute atomic E-state index is 9.68. The topological polar surface area (TPSA) is 82.0 Å². The summed E-state index contributed by atoms with van der Waals surface area (Å²) < 4.78 is 5.59. The minimum Gasteiger partial charge on any atom is -0.510 e. The van der Waals surface area contributed by atoms with E-state index >= 15 is 0 Å². The van der Waals surface area contributed by atoms with E-state index in [0.29, 0.717) is 18.7 Å². The number of nitrogens with one attached hydrogen (secondary N) is 1. The Morgan fingerprint density at radius 1 is 1.47 bits per heavy atom. The van der Waals surface area contributed by atoms with Gasteiger partial charge in [-0.15, -0.1) is 0 Å². The van der Waals surface area contributed by atoms with Crippen molar-refractivity contribution in [1.29, 1.82) is 0 Å². The summed E-state index contributed by atoms with van der Waals surface area (Å²) in [6.45, 7) is 0.640. The van der Waals surface area contributed by atoms with E-state index < -0.39 is 12.2 Å². The smallest absolute Gasteiger partial charge is 0.123 e. The van der Waals surface area contributed by atoms with Gasteiger partial charge in [0.25, 0.3) is 0 Å². The summed E-state index contributed by atoms with van der Waals surface area (Å²) in [6.07, 6.45) is 0.383. The standard InChI is InChI=1S/C14H19NO4/c1-15-7-10(16)8-19-14-4-2-3-9-5-12(17)13(18)6-11(9)14/h2-5,10,13,15-18H,6-8H2,1H3/t10-,13-/m1/s1. The Morgan fingerprint density at radius 2 is 2.26 bits per heavy atom. The maximum Gasteiger partial charge on any atom is 0.123 e. The molecule has 2 rings (SSSR count). The van der Waals surface area contributed by atoms with Gasteiger partial charge in [0.15, 0.2) is 0 Å². The van der Waals surface area contributed by atoms with Gasteiger partial charge in [0, 0.05) is 18.5 Å². The van der Waals surface area contributed by atoms with E-state index in [4.69, 9.17) is 4.74 Å². The van der Waals surface area contributed by atoms with Crippen molar-refractivity contribution in [1.82, 2.24) is 5.32 Å². The summed E-state index contributed by atoms with van der Waals surface area (Å²) in [7, 11) is 1.76.